The van der Waals surface area contributed by atoms with Gasteiger partial charge in [-0.05, 0) is 30.4 Å². The second-order valence-corrected chi connectivity index (χ2v) is 5.45. The van der Waals surface area contributed by atoms with Crippen molar-refractivity contribution in [2.45, 2.75) is 33.6 Å². The SMILES string of the molecule is CCc1c(NC)ncnc1-c1cccc(CC(C)C)c1. The van der Waals surface area contributed by atoms with Crippen LogP contribution in [0, 0.1) is 5.92 Å². The molecule has 0 aliphatic rings. The number of nitrogens with zero attached hydrogens (tertiary/aromatic N) is 2. The van der Waals surface area contributed by atoms with Crippen LogP contribution in [0.1, 0.15) is 31.9 Å². The molecular formula is C17H23N3. The van der Waals surface area contributed by atoms with Crippen LogP contribution in [0.15, 0.2) is 30.6 Å². The van der Waals surface area contributed by atoms with Crippen LogP contribution >= 0.6 is 0 Å². The Morgan fingerprint density at radius 2 is 2.00 bits per heavy atom. The highest BCUT2D eigenvalue weighted by Gasteiger charge is 2.11. The first-order valence-corrected chi connectivity index (χ1v) is 7.26. The van der Waals surface area contributed by atoms with Crippen LogP contribution in [0.3, 0.4) is 0 Å². The Hall–Kier alpha value is -1.90. The highest BCUT2D eigenvalue weighted by Crippen LogP contribution is 2.27. The van der Waals surface area contributed by atoms with Crippen molar-refractivity contribution in [3.63, 3.8) is 0 Å². The third-order valence-corrected chi connectivity index (χ3v) is 3.38. The normalized spacial score (nSPS) is 10.8. The summed E-state index contributed by atoms with van der Waals surface area (Å²) in [5.74, 6) is 1.58. The van der Waals surface area contributed by atoms with Gasteiger partial charge in [-0.15, -0.1) is 0 Å². The number of nitrogens with one attached hydrogen (secondary N) is 1. The molecule has 1 N–H and O–H groups in total. The van der Waals surface area contributed by atoms with E-state index < -0.39 is 0 Å². The molecule has 0 atom stereocenters. The molecule has 106 valence electrons. The molecule has 3 nitrogen and oxygen atoms in total. The maximum atomic E-state index is 4.50. The molecule has 0 aliphatic carbocycles. The third kappa shape index (κ3) is 3.16. The molecule has 0 radical (unpaired) electrons. The second-order valence-electron chi connectivity index (χ2n) is 5.45. The summed E-state index contributed by atoms with van der Waals surface area (Å²) in [6.07, 6.45) is 3.65. The first kappa shape index (κ1) is 14.5. The molecule has 0 fully saturated rings. The lowest BCUT2D eigenvalue weighted by molar-refractivity contribution is 0.647. The monoisotopic (exact) mass is 269 g/mol. The summed E-state index contributed by atoms with van der Waals surface area (Å²) < 4.78 is 0. The smallest absolute Gasteiger partial charge is 0.132 e. The maximum Gasteiger partial charge on any atom is 0.132 e. The minimum absolute atomic E-state index is 0.661. The molecule has 0 spiro atoms. The van der Waals surface area contributed by atoms with Gasteiger partial charge in [0, 0.05) is 18.2 Å². The molecule has 0 aliphatic heterocycles. The van der Waals surface area contributed by atoms with Gasteiger partial charge < -0.3 is 5.32 Å². The fourth-order valence-corrected chi connectivity index (χ4v) is 2.53. The van der Waals surface area contributed by atoms with Gasteiger partial charge in [-0.3, -0.25) is 0 Å². The zero-order chi connectivity index (χ0) is 14.5. The highest BCUT2D eigenvalue weighted by atomic mass is 15.0. The van der Waals surface area contributed by atoms with E-state index in [2.05, 4.69) is 60.3 Å². The summed E-state index contributed by atoms with van der Waals surface area (Å²) in [6.45, 7) is 6.63. The van der Waals surface area contributed by atoms with Crippen LogP contribution in [0.4, 0.5) is 5.82 Å². The van der Waals surface area contributed by atoms with Crippen molar-refractivity contribution in [2.75, 3.05) is 12.4 Å². The molecular weight excluding hydrogens is 246 g/mol. The van der Waals surface area contributed by atoms with E-state index >= 15 is 0 Å². The second kappa shape index (κ2) is 6.51. The minimum atomic E-state index is 0.661. The quantitative estimate of drug-likeness (QED) is 0.893. The predicted octanol–water partition coefficient (Wildman–Crippen LogP) is 3.95. The molecule has 3 heteroatoms. The highest BCUT2D eigenvalue weighted by molar-refractivity contribution is 5.68. The van der Waals surface area contributed by atoms with Gasteiger partial charge in [-0.25, -0.2) is 9.97 Å². The number of aromatic nitrogens is 2. The van der Waals surface area contributed by atoms with Crippen LogP contribution < -0.4 is 5.32 Å². The van der Waals surface area contributed by atoms with Gasteiger partial charge in [0.15, 0.2) is 0 Å². The largest absolute Gasteiger partial charge is 0.373 e. The molecule has 1 heterocycles. The van der Waals surface area contributed by atoms with Gasteiger partial charge >= 0.3 is 0 Å². The molecule has 0 saturated carbocycles. The lowest BCUT2D eigenvalue weighted by atomic mass is 9.98. The predicted molar refractivity (Wildman–Crippen MR) is 84.9 cm³/mol. The molecule has 0 unspecified atom stereocenters. The summed E-state index contributed by atoms with van der Waals surface area (Å²) >= 11 is 0. The van der Waals surface area contributed by atoms with Gasteiger partial charge in [0.1, 0.15) is 12.1 Å². The Balaban J connectivity index is 2.46. The van der Waals surface area contributed by atoms with Crippen molar-refractivity contribution in [1.82, 2.24) is 9.97 Å². The van der Waals surface area contributed by atoms with Crippen molar-refractivity contribution in [3.05, 3.63) is 41.7 Å². The summed E-state index contributed by atoms with van der Waals surface area (Å²) in [7, 11) is 1.90. The van der Waals surface area contributed by atoms with Crippen molar-refractivity contribution in [2.24, 2.45) is 5.92 Å². The van der Waals surface area contributed by atoms with Gasteiger partial charge in [-0.2, -0.15) is 0 Å². The van der Waals surface area contributed by atoms with Gasteiger partial charge in [0.2, 0.25) is 0 Å². The fourth-order valence-electron chi connectivity index (χ4n) is 2.53. The third-order valence-electron chi connectivity index (χ3n) is 3.38. The van der Waals surface area contributed by atoms with E-state index in [1.807, 2.05) is 7.05 Å². The summed E-state index contributed by atoms with van der Waals surface area (Å²) in [4.78, 5) is 8.80. The van der Waals surface area contributed by atoms with E-state index in [4.69, 9.17) is 0 Å². The lowest BCUT2D eigenvalue weighted by Crippen LogP contribution is -2.02. The van der Waals surface area contributed by atoms with Crippen LogP contribution in [-0.2, 0) is 12.8 Å². The van der Waals surface area contributed by atoms with Crippen molar-refractivity contribution < 1.29 is 0 Å². The van der Waals surface area contributed by atoms with Crippen LogP contribution in [0.2, 0.25) is 0 Å². The summed E-state index contributed by atoms with van der Waals surface area (Å²) in [5, 5.41) is 3.15. The Morgan fingerprint density at radius 1 is 1.20 bits per heavy atom. The van der Waals surface area contributed by atoms with Crippen LogP contribution in [0.5, 0.6) is 0 Å². The van der Waals surface area contributed by atoms with Crippen LogP contribution in [-0.4, -0.2) is 17.0 Å². The number of rotatable bonds is 5. The van der Waals surface area contributed by atoms with E-state index in [0.29, 0.717) is 5.92 Å². The van der Waals surface area contributed by atoms with Crippen molar-refractivity contribution >= 4 is 5.82 Å². The van der Waals surface area contributed by atoms with Gasteiger partial charge in [-0.1, -0.05) is 39.0 Å². The summed E-state index contributed by atoms with van der Waals surface area (Å²) in [5.41, 5.74) is 4.76. The van der Waals surface area contributed by atoms with Gasteiger partial charge in [0.05, 0.1) is 5.69 Å². The van der Waals surface area contributed by atoms with E-state index in [9.17, 15) is 0 Å². The first-order valence-electron chi connectivity index (χ1n) is 7.26. The Morgan fingerprint density at radius 3 is 2.65 bits per heavy atom. The maximum absolute atomic E-state index is 4.50. The number of benzene rings is 1. The molecule has 2 rings (SSSR count). The average Bonchev–Trinajstić information content (AvgIpc) is 2.45. The zero-order valence-electron chi connectivity index (χ0n) is 12.8. The molecule has 2 aromatic rings. The fraction of sp³-hybridized carbons (Fsp3) is 0.412. The Kier molecular flexibility index (Phi) is 4.72. The number of hydrogen-bond donors (Lipinski definition) is 1. The number of anilines is 1. The van der Waals surface area contributed by atoms with E-state index in [1.165, 1.54) is 16.7 Å². The Labute approximate surface area is 121 Å². The molecule has 20 heavy (non-hydrogen) atoms. The lowest BCUT2D eigenvalue weighted by Gasteiger charge is -2.12. The zero-order valence-corrected chi connectivity index (χ0v) is 12.8. The minimum Gasteiger partial charge on any atom is -0.373 e. The summed E-state index contributed by atoms with van der Waals surface area (Å²) in [6, 6.07) is 8.69. The Bertz CT molecular complexity index is 576. The molecule has 1 aromatic heterocycles. The standard InChI is InChI=1S/C17H23N3/c1-5-15-16(19-11-20-17(15)18-4)14-8-6-7-13(10-14)9-12(2)3/h6-8,10-12H,5,9H2,1-4H3,(H,18,19,20). The van der Waals surface area contributed by atoms with Gasteiger partial charge in [0.25, 0.3) is 0 Å². The van der Waals surface area contributed by atoms with E-state index in [1.54, 1.807) is 6.33 Å². The van der Waals surface area contributed by atoms with E-state index in [-0.39, 0.29) is 0 Å². The van der Waals surface area contributed by atoms with Crippen molar-refractivity contribution in [1.29, 1.82) is 0 Å². The number of hydrogen-bond acceptors (Lipinski definition) is 3. The van der Waals surface area contributed by atoms with Crippen molar-refractivity contribution in [3.8, 4) is 11.3 Å². The average molecular weight is 269 g/mol. The topological polar surface area (TPSA) is 37.8 Å². The van der Waals surface area contributed by atoms with Crippen LogP contribution in [0.25, 0.3) is 11.3 Å². The first-order chi connectivity index (χ1) is 9.65. The molecule has 0 amide bonds. The molecule has 1 aromatic carbocycles. The molecule has 0 bridgehead atoms. The molecule has 0 saturated heterocycles. The van der Waals surface area contributed by atoms with E-state index in [0.717, 1.165) is 24.4 Å².